The molecular formula is C52H46K2N4O. The molecule has 2 aromatic heterocycles. The molecule has 0 radical (unpaired) electrons. The second-order valence-electron chi connectivity index (χ2n) is 13.6. The zero-order valence-electron chi connectivity index (χ0n) is 34.0. The van der Waals surface area contributed by atoms with Crippen LogP contribution < -0.4 is 113 Å². The van der Waals surface area contributed by atoms with Crippen LogP contribution in [-0.4, -0.2) is 25.6 Å². The molecule has 1 fully saturated rings. The van der Waals surface area contributed by atoms with Crippen molar-refractivity contribution in [2.24, 2.45) is 9.98 Å². The third-order valence-electron chi connectivity index (χ3n) is 9.91. The van der Waals surface area contributed by atoms with E-state index in [1.165, 1.54) is 12.8 Å². The first-order valence-corrected chi connectivity index (χ1v) is 19.5. The average Bonchev–Trinajstić information content (AvgIpc) is 4.14. The summed E-state index contributed by atoms with van der Waals surface area (Å²) in [6.45, 7) is 2.00. The molecule has 0 amide bonds. The Balaban J connectivity index is 0.000000194. The van der Waals surface area contributed by atoms with Crippen LogP contribution in [0.3, 0.4) is 0 Å². The Morgan fingerprint density at radius 2 is 0.610 bits per heavy atom. The van der Waals surface area contributed by atoms with Crippen LogP contribution in [0.1, 0.15) is 57.6 Å². The summed E-state index contributed by atoms with van der Waals surface area (Å²) in [5.41, 5.74) is 7.22. The molecule has 3 heterocycles. The molecule has 1 saturated heterocycles. The number of hydrogen-bond donors (Lipinski definition) is 0. The summed E-state index contributed by atoms with van der Waals surface area (Å²) >= 11 is 0. The van der Waals surface area contributed by atoms with Gasteiger partial charge in [-0.2, -0.15) is 12.4 Å². The Labute approximate surface area is 434 Å². The van der Waals surface area contributed by atoms with Crippen molar-refractivity contribution in [2.45, 2.75) is 23.9 Å². The van der Waals surface area contributed by atoms with Crippen molar-refractivity contribution in [1.29, 1.82) is 0 Å². The van der Waals surface area contributed by atoms with Gasteiger partial charge in [-0.25, -0.2) is 0 Å². The van der Waals surface area contributed by atoms with Crippen molar-refractivity contribution in [1.82, 2.24) is 9.97 Å². The number of aliphatic imine (C=N–C) groups is 2. The fourth-order valence-electron chi connectivity index (χ4n) is 7.14. The molecule has 0 aliphatic carbocycles. The van der Waals surface area contributed by atoms with Crippen LogP contribution in [0.15, 0.2) is 229 Å². The maximum Gasteiger partial charge on any atom is 1.00 e. The molecule has 5 nitrogen and oxygen atoms in total. The van der Waals surface area contributed by atoms with E-state index in [1.807, 2.05) is 73.1 Å². The maximum atomic E-state index is 5.12. The van der Waals surface area contributed by atoms with E-state index in [4.69, 9.17) is 14.7 Å². The van der Waals surface area contributed by atoms with Gasteiger partial charge < -0.3 is 14.7 Å². The molecule has 0 saturated carbocycles. The second-order valence-corrected chi connectivity index (χ2v) is 13.6. The van der Waals surface area contributed by atoms with E-state index in [2.05, 4.69) is 156 Å². The minimum absolute atomic E-state index is 0. The molecule has 59 heavy (non-hydrogen) atoms. The van der Waals surface area contributed by atoms with Crippen LogP contribution in [0.25, 0.3) is 0 Å². The molecule has 8 aromatic rings. The fourth-order valence-corrected chi connectivity index (χ4v) is 7.14. The monoisotopic (exact) mass is 820 g/mol. The summed E-state index contributed by atoms with van der Waals surface area (Å²) in [6, 6.07) is 70.4. The quantitative estimate of drug-likeness (QED) is 0.112. The maximum absolute atomic E-state index is 5.12. The minimum atomic E-state index is -0.622. The summed E-state index contributed by atoms with van der Waals surface area (Å²) in [6.07, 6.45) is 9.87. The van der Waals surface area contributed by atoms with Gasteiger partial charge in [0.2, 0.25) is 0 Å². The van der Waals surface area contributed by atoms with E-state index in [0.29, 0.717) is 0 Å². The molecule has 1 aliphatic rings. The van der Waals surface area contributed by atoms with E-state index in [1.54, 1.807) is 12.4 Å². The van der Waals surface area contributed by atoms with Crippen LogP contribution in [0.2, 0.25) is 0 Å². The number of hydrogen-bond acceptors (Lipinski definition) is 3. The molecule has 0 N–H and O–H groups in total. The largest absolute Gasteiger partial charge is 1.00 e. The predicted octanol–water partition coefficient (Wildman–Crippen LogP) is 4.91. The molecule has 0 bridgehead atoms. The molecule has 0 atom stereocenters. The van der Waals surface area contributed by atoms with Crippen molar-refractivity contribution in [3.05, 3.63) is 263 Å². The number of ether oxygens (including phenoxy) is 1. The molecule has 0 spiro atoms. The van der Waals surface area contributed by atoms with Crippen molar-refractivity contribution < 1.29 is 108 Å². The zero-order valence-corrected chi connectivity index (χ0v) is 40.2. The summed E-state index contributed by atoms with van der Waals surface area (Å²) in [4.78, 5) is 18.9. The van der Waals surface area contributed by atoms with Gasteiger partial charge in [-0.3, -0.25) is 9.98 Å². The van der Waals surface area contributed by atoms with E-state index in [9.17, 15) is 0 Å². The summed E-state index contributed by atoms with van der Waals surface area (Å²) in [5.74, 6) is 0. The standard InChI is InChI=1S/2C24H19N2.C4H8O.2K/c2*1-4-11-20(12-5-1)24(21-13-6-2-7-14-21,22-15-8-3-9-16-22)26-19-23-17-10-18-25-23;1-2-4-5-3-1;;/h2*1-19H;1-4H2;;/q2*-1;;2*+1. The Bertz CT molecular complexity index is 1980. The third kappa shape index (κ3) is 12.1. The van der Waals surface area contributed by atoms with Crippen molar-refractivity contribution in [3.63, 3.8) is 0 Å². The van der Waals surface area contributed by atoms with Crippen LogP contribution in [0, 0.1) is 0 Å². The first-order chi connectivity index (χ1) is 28.3. The molecule has 1 aliphatic heterocycles. The van der Waals surface area contributed by atoms with Crippen LogP contribution >= 0.6 is 0 Å². The molecule has 0 unspecified atom stereocenters. The first-order valence-electron chi connectivity index (χ1n) is 19.5. The molecule has 282 valence electrons. The number of rotatable bonds is 10. The molecule has 6 aromatic carbocycles. The molecule has 7 heteroatoms. The van der Waals surface area contributed by atoms with Gasteiger partial charge in [0, 0.05) is 25.6 Å². The number of nitrogens with zero attached hydrogens (tertiary/aromatic N) is 4. The van der Waals surface area contributed by atoms with Crippen LogP contribution in [0.4, 0.5) is 0 Å². The number of benzene rings is 6. The Morgan fingerprint density at radius 1 is 0.356 bits per heavy atom. The summed E-state index contributed by atoms with van der Waals surface area (Å²) in [7, 11) is 0. The third-order valence-corrected chi connectivity index (χ3v) is 9.91. The van der Waals surface area contributed by atoms with Gasteiger partial charge in [0.05, 0.1) is 0 Å². The zero-order chi connectivity index (χ0) is 38.9. The van der Waals surface area contributed by atoms with E-state index >= 15 is 0 Å². The van der Waals surface area contributed by atoms with E-state index < -0.39 is 11.1 Å². The van der Waals surface area contributed by atoms with Crippen molar-refractivity contribution >= 4 is 12.4 Å². The first kappa shape index (κ1) is 46.5. The van der Waals surface area contributed by atoms with Crippen LogP contribution in [0.5, 0.6) is 0 Å². The van der Waals surface area contributed by atoms with Crippen molar-refractivity contribution in [3.8, 4) is 0 Å². The van der Waals surface area contributed by atoms with Gasteiger partial charge in [0.25, 0.3) is 0 Å². The SMILES string of the molecule is C(=NC(c1ccccc1)(c1ccccc1)c1ccccc1)c1ccc[n-]1.C(=NC(c1ccccc1)(c1ccccc1)c1ccccc1)c1ccc[n-]1.C1CCOC1.[K+].[K+]. The van der Waals surface area contributed by atoms with Gasteiger partial charge in [-0.05, 0) is 46.2 Å². The second kappa shape index (κ2) is 24.6. The molecule has 9 rings (SSSR count). The van der Waals surface area contributed by atoms with Gasteiger partial charge in [0.15, 0.2) is 0 Å². The number of aromatic nitrogens is 2. The van der Waals surface area contributed by atoms with Gasteiger partial charge in [-0.1, -0.05) is 206 Å². The molecular weight excluding hydrogens is 775 g/mol. The van der Waals surface area contributed by atoms with Gasteiger partial charge in [-0.15, -0.1) is 11.4 Å². The predicted molar refractivity (Wildman–Crippen MR) is 233 cm³/mol. The topological polar surface area (TPSA) is 62.2 Å². The smallest absolute Gasteiger partial charge is 0.663 e. The normalized spacial score (nSPS) is 12.3. The summed E-state index contributed by atoms with van der Waals surface area (Å²) in [5, 5.41) is 0. The van der Waals surface area contributed by atoms with E-state index in [-0.39, 0.29) is 103 Å². The Morgan fingerprint density at radius 3 is 0.797 bits per heavy atom. The van der Waals surface area contributed by atoms with Gasteiger partial charge in [0.1, 0.15) is 11.1 Å². The van der Waals surface area contributed by atoms with Gasteiger partial charge >= 0.3 is 103 Å². The van der Waals surface area contributed by atoms with E-state index in [0.717, 1.165) is 58.0 Å². The fraction of sp³-hybridized carbons (Fsp3) is 0.115. The summed E-state index contributed by atoms with van der Waals surface area (Å²) < 4.78 is 4.94. The van der Waals surface area contributed by atoms with Crippen LogP contribution in [-0.2, 0) is 15.8 Å². The Kier molecular flexibility index (Phi) is 19.4. The Hall–Kier alpha value is -3.55. The minimum Gasteiger partial charge on any atom is -0.663 e. The average molecular weight is 821 g/mol. The van der Waals surface area contributed by atoms with Crippen molar-refractivity contribution in [2.75, 3.05) is 13.2 Å².